The highest BCUT2D eigenvalue weighted by Gasteiger charge is 2.16. The first-order valence-corrected chi connectivity index (χ1v) is 6.05. The van der Waals surface area contributed by atoms with Crippen molar-refractivity contribution in [3.63, 3.8) is 0 Å². The highest BCUT2D eigenvalue weighted by molar-refractivity contribution is 5.04. The number of halogens is 1. The van der Waals surface area contributed by atoms with Gasteiger partial charge in [-0.3, -0.25) is 9.88 Å². The van der Waals surface area contributed by atoms with Gasteiger partial charge in [0.25, 0.3) is 0 Å². The highest BCUT2D eigenvalue weighted by atomic mass is 79.9. The van der Waals surface area contributed by atoms with E-state index in [9.17, 15) is 0 Å². The summed E-state index contributed by atoms with van der Waals surface area (Å²) >= 11 is 0. The minimum absolute atomic E-state index is 0. The fraction of sp³-hybridized carbons (Fsp3) is 0.462. The van der Waals surface area contributed by atoms with Crippen LogP contribution in [-0.4, -0.2) is 23.1 Å². The lowest BCUT2D eigenvalue weighted by Crippen LogP contribution is -3.07. The van der Waals surface area contributed by atoms with Crippen LogP contribution in [0.2, 0.25) is 0 Å². The average molecular weight is 298 g/mol. The predicted octanol–water partition coefficient (Wildman–Crippen LogP) is -1.99. The van der Waals surface area contributed by atoms with E-state index in [4.69, 9.17) is 0 Å². The number of aromatic nitrogens is 1. The van der Waals surface area contributed by atoms with Gasteiger partial charge in [0.05, 0.1) is 25.0 Å². The van der Waals surface area contributed by atoms with E-state index in [1.807, 2.05) is 18.3 Å². The van der Waals surface area contributed by atoms with Crippen LogP contribution >= 0.6 is 0 Å². The van der Waals surface area contributed by atoms with Gasteiger partial charge in [0.2, 0.25) is 0 Å². The molecule has 0 amide bonds. The summed E-state index contributed by atoms with van der Waals surface area (Å²) in [4.78, 5) is 8.22. The number of pyridine rings is 1. The molecule has 1 aromatic rings. The summed E-state index contributed by atoms with van der Waals surface area (Å²) in [6.45, 7) is 5.49. The van der Waals surface area contributed by atoms with Crippen molar-refractivity contribution in [1.29, 1.82) is 0 Å². The Morgan fingerprint density at radius 3 is 3.00 bits per heavy atom. The number of rotatable bonds is 5. The second kappa shape index (κ2) is 7.45. The molecule has 0 bridgehead atoms. The number of hydrogen-bond acceptors (Lipinski definition) is 2. The van der Waals surface area contributed by atoms with Crippen molar-refractivity contribution >= 4 is 0 Å². The molecule has 0 aromatic carbocycles. The van der Waals surface area contributed by atoms with Crippen LogP contribution in [-0.2, 0) is 6.54 Å². The molecular weight excluding hydrogens is 278 g/mol. The van der Waals surface area contributed by atoms with Crippen molar-refractivity contribution in [3.05, 3.63) is 42.5 Å². The highest BCUT2D eigenvalue weighted by Crippen LogP contribution is 2.01. The van der Waals surface area contributed by atoms with Crippen LogP contribution in [0.3, 0.4) is 0 Å². The van der Waals surface area contributed by atoms with Gasteiger partial charge >= 0.3 is 0 Å². The average Bonchev–Trinajstić information content (AvgIpc) is 2.75. The molecule has 1 aliphatic rings. The number of hydrogen-bond donors (Lipinski definition) is 1. The number of quaternary nitrogens is 1. The Morgan fingerprint density at radius 2 is 2.29 bits per heavy atom. The second-order valence-electron chi connectivity index (χ2n) is 4.30. The van der Waals surface area contributed by atoms with Gasteiger partial charge in [-0.25, -0.2) is 0 Å². The zero-order chi connectivity index (χ0) is 11.2. The first-order valence-electron chi connectivity index (χ1n) is 6.05. The molecule has 17 heavy (non-hydrogen) atoms. The van der Waals surface area contributed by atoms with Crippen LogP contribution in [0.1, 0.15) is 25.5 Å². The topological polar surface area (TPSA) is 20.6 Å². The van der Waals surface area contributed by atoms with Gasteiger partial charge < -0.3 is 21.9 Å². The summed E-state index contributed by atoms with van der Waals surface area (Å²) < 4.78 is 0. The zero-order valence-electron chi connectivity index (χ0n) is 10.3. The van der Waals surface area contributed by atoms with Gasteiger partial charge in [0.1, 0.15) is 6.20 Å². The number of nitrogens with one attached hydrogen (secondary N) is 1. The molecule has 0 saturated carbocycles. The summed E-state index contributed by atoms with van der Waals surface area (Å²) in [5.74, 6) is 0. The Labute approximate surface area is 114 Å². The van der Waals surface area contributed by atoms with Crippen molar-refractivity contribution in [2.75, 3.05) is 13.2 Å². The first kappa shape index (κ1) is 14.2. The van der Waals surface area contributed by atoms with E-state index in [-0.39, 0.29) is 17.0 Å². The lowest BCUT2D eigenvalue weighted by atomic mass is 10.3. The standard InChI is InChI=1S/C13H19N3.BrH/c1-2-3-8-15-9-10-16(12-15)11-13-6-4-5-7-14-13;/h4-7,9-10H,2-3,8,11-12H2,1H3;1H. The predicted molar refractivity (Wildman–Crippen MR) is 64.5 cm³/mol. The summed E-state index contributed by atoms with van der Waals surface area (Å²) in [7, 11) is 0. The third-order valence-corrected chi connectivity index (χ3v) is 2.87. The van der Waals surface area contributed by atoms with E-state index in [0.29, 0.717) is 0 Å². The van der Waals surface area contributed by atoms with Gasteiger partial charge in [-0.15, -0.1) is 0 Å². The van der Waals surface area contributed by atoms with E-state index < -0.39 is 0 Å². The molecule has 1 aliphatic heterocycles. The maximum atomic E-state index is 4.34. The molecule has 0 saturated heterocycles. The molecule has 2 heterocycles. The van der Waals surface area contributed by atoms with Gasteiger partial charge in [-0.2, -0.15) is 0 Å². The van der Waals surface area contributed by atoms with Crippen LogP contribution < -0.4 is 21.9 Å². The molecule has 1 aromatic heterocycles. The SMILES string of the molecule is CCCC[NH+]1C=CN(Cc2ccccn2)C1.[Br-]. The Balaban J connectivity index is 0.00000144. The third kappa shape index (κ3) is 4.48. The van der Waals surface area contributed by atoms with Crippen molar-refractivity contribution in [3.8, 4) is 0 Å². The Bertz CT molecular complexity index is 340. The van der Waals surface area contributed by atoms with Crippen LogP contribution in [0.25, 0.3) is 0 Å². The Morgan fingerprint density at radius 1 is 1.41 bits per heavy atom. The molecule has 0 aliphatic carbocycles. The molecule has 0 fully saturated rings. The molecule has 1 unspecified atom stereocenters. The van der Waals surface area contributed by atoms with E-state index in [1.54, 1.807) is 4.90 Å². The molecule has 4 heteroatoms. The van der Waals surface area contributed by atoms with Crippen molar-refractivity contribution in [2.45, 2.75) is 26.3 Å². The molecule has 94 valence electrons. The van der Waals surface area contributed by atoms with E-state index >= 15 is 0 Å². The van der Waals surface area contributed by atoms with Gasteiger partial charge in [-0.05, 0) is 18.6 Å². The van der Waals surface area contributed by atoms with Crippen LogP contribution in [0, 0.1) is 0 Å². The largest absolute Gasteiger partial charge is 1.00 e. The monoisotopic (exact) mass is 297 g/mol. The molecule has 0 radical (unpaired) electrons. The van der Waals surface area contributed by atoms with Crippen molar-refractivity contribution in [2.24, 2.45) is 0 Å². The smallest absolute Gasteiger partial charge is 0.157 e. The van der Waals surface area contributed by atoms with Crippen molar-refractivity contribution < 1.29 is 21.9 Å². The molecule has 3 nitrogen and oxygen atoms in total. The quantitative estimate of drug-likeness (QED) is 0.680. The Kier molecular flexibility index (Phi) is 6.22. The summed E-state index contributed by atoms with van der Waals surface area (Å²) in [5.41, 5.74) is 1.14. The maximum absolute atomic E-state index is 4.34. The van der Waals surface area contributed by atoms with Crippen LogP contribution in [0.5, 0.6) is 0 Å². The van der Waals surface area contributed by atoms with Crippen LogP contribution in [0.15, 0.2) is 36.8 Å². The number of unbranched alkanes of at least 4 members (excludes halogenated alkanes) is 1. The van der Waals surface area contributed by atoms with Gasteiger partial charge in [0, 0.05) is 6.20 Å². The first-order chi connectivity index (χ1) is 7.88. The molecule has 2 rings (SSSR count). The minimum Gasteiger partial charge on any atom is -1.00 e. The van der Waals surface area contributed by atoms with Gasteiger partial charge in [-0.1, -0.05) is 19.4 Å². The van der Waals surface area contributed by atoms with E-state index in [2.05, 4.69) is 35.3 Å². The summed E-state index contributed by atoms with van der Waals surface area (Å²) in [6, 6.07) is 6.09. The normalized spacial score (nSPS) is 18.2. The third-order valence-electron chi connectivity index (χ3n) is 2.87. The molecule has 0 spiro atoms. The summed E-state index contributed by atoms with van der Waals surface area (Å²) in [5, 5.41) is 0. The second-order valence-corrected chi connectivity index (χ2v) is 4.30. The Hall–Kier alpha value is -0.870. The van der Waals surface area contributed by atoms with E-state index in [0.717, 1.165) is 18.9 Å². The molecule has 1 N–H and O–H groups in total. The lowest BCUT2D eigenvalue weighted by Gasteiger charge is -2.16. The number of nitrogens with zero attached hydrogens (tertiary/aromatic N) is 2. The van der Waals surface area contributed by atoms with E-state index in [1.165, 1.54) is 19.4 Å². The minimum atomic E-state index is 0. The molecule has 1 atom stereocenters. The lowest BCUT2D eigenvalue weighted by molar-refractivity contribution is -0.849. The molecular formula is C13H20BrN3. The maximum Gasteiger partial charge on any atom is 0.157 e. The summed E-state index contributed by atoms with van der Waals surface area (Å²) in [6.07, 6.45) is 8.89. The fourth-order valence-electron chi connectivity index (χ4n) is 1.95. The fourth-order valence-corrected chi connectivity index (χ4v) is 1.95. The van der Waals surface area contributed by atoms with Gasteiger partial charge in [0.15, 0.2) is 6.67 Å². The zero-order valence-corrected chi connectivity index (χ0v) is 11.9. The van der Waals surface area contributed by atoms with Crippen LogP contribution in [0.4, 0.5) is 0 Å². The van der Waals surface area contributed by atoms with Crippen molar-refractivity contribution in [1.82, 2.24) is 9.88 Å².